The number of nitrogens with zero attached hydrogens (tertiary/aromatic N) is 2. The molecule has 0 unspecified atom stereocenters. The standard InChI is InChI=1S/C19H14ClN3S/c20-17-11-4-3-10-16(17)18-21-19(23-22-18)24-12-14-8-5-7-13-6-1-2-9-15(13)14/h1-11H,12H2,(H,21,22,23). The average Bonchev–Trinajstić information content (AvgIpc) is 3.09. The molecule has 3 aromatic carbocycles. The van der Waals surface area contributed by atoms with Crippen molar-refractivity contribution in [2.45, 2.75) is 10.9 Å². The molecule has 0 aliphatic rings. The van der Waals surface area contributed by atoms with E-state index in [-0.39, 0.29) is 0 Å². The fourth-order valence-corrected chi connectivity index (χ4v) is 3.67. The highest BCUT2D eigenvalue weighted by atomic mass is 35.5. The van der Waals surface area contributed by atoms with Crippen LogP contribution in [0.2, 0.25) is 5.02 Å². The van der Waals surface area contributed by atoms with Crippen LogP contribution in [0.5, 0.6) is 0 Å². The Labute approximate surface area is 149 Å². The van der Waals surface area contributed by atoms with Crippen LogP contribution in [0, 0.1) is 0 Å². The average molecular weight is 352 g/mol. The van der Waals surface area contributed by atoms with Crippen LogP contribution in [-0.4, -0.2) is 15.2 Å². The maximum Gasteiger partial charge on any atom is 0.209 e. The highest BCUT2D eigenvalue weighted by Gasteiger charge is 2.10. The minimum atomic E-state index is 0.666. The van der Waals surface area contributed by atoms with Gasteiger partial charge < -0.3 is 0 Å². The minimum Gasteiger partial charge on any atom is -0.258 e. The van der Waals surface area contributed by atoms with Gasteiger partial charge in [0.05, 0.1) is 5.02 Å². The van der Waals surface area contributed by atoms with Gasteiger partial charge >= 0.3 is 0 Å². The highest BCUT2D eigenvalue weighted by Crippen LogP contribution is 2.28. The van der Waals surface area contributed by atoms with E-state index < -0.39 is 0 Å². The smallest absolute Gasteiger partial charge is 0.209 e. The van der Waals surface area contributed by atoms with Gasteiger partial charge in [-0.15, -0.1) is 5.10 Å². The fourth-order valence-electron chi connectivity index (χ4n) is 2.65. The van der Waals surface area contributed by atoms with E-state index in [4.69, 9.17) is 11.6 Å². The molecule has 5 heteroatoms. The molecule has 1 heterocycles. The Balaban J connectivity index is 1.56. The van der Waals surface area contributed by atoms with E-state index in [2.05, 4.69) is 57.6 Å². The first kappa shape index (κ1) is 15.2. The summed E-state index contributed by atoms with van der Waals surface area (Å²) in [6.45, 7) is 0. The number of aromatic nitrogens is 3. The molecule has 4 rings (SSSR count). The first-order valence-electron chi connectivity index (χ1n) is 7.58. The summed E-state index contributed by atoms with van der Waals surface area (Å²) < 4.78 is 0. The summed E-state index contributed by atoms with van der Waals surface area (Å²) in [6.07, 6.45) is 0. The maximum atomic E-state index is 6.21. The van der Waals surface area contributed by atoms with E-state index in [0.717, 1.165) is 16.5 Å². The van der Waals surface area contributed by atoms with Crippen LogP contribution in [0.25, 0.3) is 22.2 Å². The van der Waals surface area contributed by atoms with Gasteiger partial charge in [0.25, 0.3) is 0 Å². The number of nitrogens with one attached hydrogen (secondary N) is 1. The summed E-state index contributed by atoms with van der Waals surface area (Å²) in [5.41, 5.74) is 2.14. The van der Waals surface area contributed by atoms with Crippen LogP contribution in [0.1, 0.15) is 5.56 Å². The molecule has 4 aromatic rings. The molecule has 0 spiro atoms. The summed E-state index contributed by atoms with van der Waals surface area (Å²) >= 11 is 7.82. The zero-order valence-corrected chi connectivity index (χ0v) is 14.3. The number of benzene rings is 3. The summed E-state index contributed by atoms with van der Waals surface area (Å²) in [7, 11) is 0. The third-order valence-corrected chi connectivity index (χ3v) is 5.06. The molecule has 0 bridgehead atoms. The minimum absolute atomic E-state index is 0.666. The molecule has 0 aliphatic carbocycles. The van der Waals surface area contributed by atoms with Gasteiger partial charge in [0.1, 0.15) is 0 Å². The van der Waals surface area contributed by atoms with Gasteiger partial charge in [-0.2, -0.15) is 0 Å². The number of rotatable bonds is 4. The van der Waals surface area contributed by atoms with Crippen molar-refractivity contribution in [3.05, 3.63) is 77.3 Å². The van der Waals surface area contributed by atoms with Gasteiger partial charge in [-0.05, 0) is 28.5 Å². The molecule has 118 valence electrons. The van der Waals surface area contributed by atoms with Crippen LogP contribution >= 0.6 is 23.4 Å². The Bertz CT molecular complexity index is 991. The number of fused-ring (bicyclic) bond motifs is 1. The van der Waals surface area contributed by atoms with Crippen molar-refractivity contribution < 1.29 is 0 Å². The van der Waals surface area contributed by atoms with Crippen molar-refractivity contribution in [1.82, 2.24) is 15.2 Å². The number of hydrogen-bond acceptors (Lipinski definition) is 3. The van der Waals surface area contributed by atoms with Gasteiger partial charge in [-0.1, -0.05) is 78.0 Å². The van der Waals surface area contributed by atoms with E-state index in [1.165, 1.54) is 16.3 Å². The molecule has 0 atom stereocenters. The first-order valence-corrected chi connectivity index (χ1v) is 8.94. The van der Waals surface area contributed by atoms with E-state index in [1.807, 2.05) is 24.3 Å². The van der Waals surface area contributed by atoms with Crippen LogP contribution in [0.4, 0.5) is 0 Å². The molecule has 1 N–H and O–H groups in total. The Kier molecular flexibility index (Phi) is 4.24. The van der Waals surface area contributed by atoms with Gasteiger partial charge in [-0.25, -0.2) is 4.98 Å². The zero-order valence-electron chi connectivity index (χ0n) is 12.7. The Morgan fingerprint density at radius 3 is 2.62 bits per heavy atom. The van der Waals surface area contributed by atoms with Gasteiger partial charge in [-0.3, -0.25) is 5.10 Å². The second-order valence-electron chi connectivity index (χ2n) is 5.37. The third-order valence-electron chi connectivity index (χ3n) is 3.83. The maximum absolute atomic E-state index is 6.21. The van der Waals surface area contributed by atoms with Crippen LogP contribution in [0.15, 0.2) is 71.9 Å². The quantitative estimate of drug-likeness (QED) is 0.488. The summed E-state index contributed by atoms with van der Waals surface area (Å²) in [5, 5.41) is 11.2. The number of hydrogen-bond donors (Lipinski definition) is 1. The Morgan fingerprint density at radius 2 is 1.71 bits per heavy atom. The molecule has 0 fully saturated rings. The third kappa shape index (κ3) is 3.03. The van der Waals surface area contributed by atoms with Gasteiger partial charge in [0.15, 0.2) is 5.82 Å². The van der Waals surface area contributed by atoms with Gasteiger partial charge in [0.2, 0.25) is 5.16 Å². The molecule has 0 radical (unpaired) electrons. The van der Waals surface area contributed by atoms with Crippen LogP contribution < -0.4 is 0 Å². The lowest BCUT2D eigenvalue weighted by Gasteiger charge is -2.04. The summed E-state index contributed by atoms with van der Waals surface area (Å²) in [6, 6.07) is 22.4. The SMILES string of the molecule is Clc1ccccc1-c1nc(SCc2cccc3ccccc23)n[nH]1. The number of H-pyrrole nitrogens is 1. The molecular formula is C19H14ClN3S. The topological polar surface area (TPSA) is 41.6 Å². The number of halogens is 1. The number of thioether (sulfide) groups is 1. The van der Waals surface area contributed by atoms with Crippen LogP contribution in [0.3, 0.4) is 0 Å². The van der Waals surface area contributed by atoms with E-state index in [0.29, 0.717) is 10.8 Å². The molecule has 3 nitrogen and oxygen atoms in total. The predicted octanol–water partition coefficient (Wildman–Crippen LogP) is 5.57. The lowest BCUT2D eigenvalue weighted by atomic mass is 10.1. The lowest BCUT2D eigenvalue weighted by Crippen LogP contribution is -1.85. The van der Waals surface area contributed by atoms with E-state index >= 15 is 0 Å². The molecule has 1 aromatic heterocycles. The van der Waals surface area contributed by atoms with Gasteiger partial charge in [0, 0.05) is 11.3 Å². The van der Waals surface area contributed by atoms with Crippen molar-refractivity contribution >= 4 is 34.1 Å². The Morgan fingerprint density at radius 1 is 0.917 bits per heavy atom. The van der Waals surface area contributed by atoms with Crippen molar-refractivity contribution in [1.29, 1.82) is 0 Å². The lowest BCUT2D eigenvalue weighted by molar-refractivity contribution is 0.973. The predicted molar refractivity (Wildman–Crippen MR) is 100 cm³/mol. The zero-order chi connectivity index (χ0) is 16.4. The fraction of sp³-hybridized carbons (Fsp3) is 0.0526. The molecule has 24 heavy (non-hydrogen) atoms. The van der Waals surface area contributed by atoms with Crippen LogP contribution in [-0.2, 0) is 5.75 Å². The molecular weight excluding hydrogens is 338 g/mol. The van der Waals surface area contributed by atoms with E-state index in [9.17, 15) is 0 Å². The molecule has 0 saturated carbocycles. The number of aromatic amines is 1. The monoisotopic (exact) mass is 351 g/mol. The largest absolute Gasteiger partial charge is 0.258 e. The summed E-state index contributed by atoms with van der Waals surface area (Å²) in [4.78, 5) is 4.55. The molecule has 0 saturated heterocycles. The van der Waals surface area contributed by atoms with Crippen molar-refractivity contribution in [2.24, 2.45) is 0 Å². The van der Waals surface area contributed by atoms with Crippen molar-refractivity contribution in [3.63, 3.8) is 0 Å². The van der Waals surface area contributed by atoms with E-state index in [1.54, 1.807) is 11.8 Å². The van der Waals surface area contributed by atoms with Crippen molar-refractivity contribution in [2.75, 3.05) is 0 Å². The first-order chi connectivity index (χ1) is 11.8. The molecule has 0 aliphatic heterocycles. The summed E-state index contributed by atoms with van der Waals surface area (Å²) in [5.74, 6) is 1.52. The Hall–Kier alpha value is -2.30. The highest BCUT2D eigenvalue weighted by molar-refractivity contribution is 7.98. The second-order valence-corrected chi connectivity index (χ2v) is 6.72. The second kappa shape index (κ2) is 6.67. The van der Waals surface area contributed by atoms with Crippen molar-refractivity contribution in [3.8, 4) is 11.4 Å². The molecule has 0 amide bonds. The normalized spacial score (nSPS) is 11.0.